The number of anilines is 1. The Morgan fingerprint density at radius 2 is 1.59 bits per heavy atom. The Morgan fingerprint density at radius 3 is 2.12 bits per heavy atom. The number of nitro groups is 2. The molecule has 1 amide bonds. The fraction of sp³-hybridized carbons (Fsp3) is 0.300. The molecule has 2 aromatic carbocycles. The number of likely N-dealkylation sites (N-methyl/N-ethyl adjacent to an activating group) is 1. The molecule has 0 saturated heterocycles. The number of halogens is 1. The lowest BCUT2D eigenvalue weighted by atomic mass is 10.1. The third-order valence-electron chi connectivity index (χ3n) is 4.63. The average Bonchev–Trinajstić information content (AvgIpc) is 3.11. The van der Waals surface area contributed by atoms with E-state index in [1.54, 1.807) is 0 Å². The molecule has 0 bridgehead atoms. The lowest BCUT2D eigenvalue weighted by Gasteiger charge is -2.22. The number of thiazole rings is 1. The minimum atomic E-state index is -0.752. The van der Waals surface area contributed by atoms with Gasteiger partial charge in [0.1, 0.15) is 0 Å². The molecule has 1 heterocycles. The molecular formula is C20H22ClN5O5S. The van der Waals surface area contributed by atoms with Crippen LogP contribution in [-0.2, 0) is 0 Å². The van der Waals surface area contributed by atoms with Gasteiger partial charge >= 0.3 is 0 Å². The predicted octanol–water partition coefficient (Wildman–Crippen LogP) is 4.36. The van der Waals surface area contributed by atoms with Crippen molar-refractivity contribution in [3.8, 4) is 0 Å². The molecule has 3 aromatic rings. The molecule has 0 aliphatic heterocycles. The van der Waals surface area contributed by atoms with Gasteiger partial charge in [-0.25, -0.2) is 4.98 Å². The lowest BCUT2D eigenvalue weighted by Crippen LogP contribution is -2.36. The monoisotopic (exact) mass is 479 g/mol. The summed E-state index contributed by atoms with van der Waals surface area (Å²) in [6, 6.07) is 6.90. The summed E-state index contributed by atoms with van der Waals surface area (Å²) in [5.74, 6) is -0.581. The maximum atomic E-state index is 13.4. The van der Waals surface area contributed by atoms with Crippen LogP contribution < -0.4 is 4.90 Å². The van der Waals surface area contributed by atoms with E-state index < -0.39 is 27.1 Å². The summed E-state index contributed by atoms with van der Waals surface area (Å²) in [6.45, 7) is 4.70. The van der Waals surface area contributed by atoms with Crippen molar-refractivity contribution in [2.24, 2.45) is 0 Å². The molecule has 0 fully saturated rings. The lowest BCUT2D eigenvalue weighted by molar-refractivity contribution is -0.394. The summed E-state index contributed by atoms with van der Waals surface area (Å²) in [6.07, 6.45) is 0. The number of rotatable bonds is 7. The van der Waals surface area contributed by atoms with Gasteiger partial charge in [0, 0.05) is 25.2 Å². The standard InChI is InChI=1S/C20H21N5O5S.ClH/c1-12-7-13(2)18-17(8-12)21-20(31-18)23(6-5-22(3)4)19(26)14-9-15(24(27)28)11-16(10-14)25(29)30;/h7-11H,5-6H2,1-4H3;1H. The topological polar surface area (TPSA) is 123 Å². The van der Waals surface area contributed by atoms with E-state index in [0.29, 0.717) is 11.7 Å². The highest BCUT2D eigenvalue weighted by atomic mass is 35.5. The number of aromatic nitrogens is 1. The van der Waals surface area contributed by atoms with Gasteiger partial charge in [-0.05, 0) is 45.1 Å². The first-order chi connectivity index (χ1) is 14.6. The smallest absolute Gasteiger partial charge is 0.277 e. The first kappa shape index (κ1) is 25.1. The molecule has 0 saturated carbocycles. The number of carbonyl (C=O) groups excluding carboxylic acids is 1. The third-order valence-corrected chi connectivity index (χ3v) is 5.86. The number of benzene rings is 2. The van der Waals surface area contributed by atoms with Gasteiger partial charge in [-0.3, -0.25) is 29.9 Å². The average molecular weight is 480 g/mol. The van der Waals surface area contributed by atoms with Crippen LogP contribution in [0, 0.1) is 34.1 Å². The summed E-state index contributed by atoms with van der Waals surface area (Å²) in [7, 11) is 3.71. The molecule has 10 nitrogen and oxygen atoms in total. The zero-order valence-electron chi connectivity index (χ0n) is 17.9. The van der Waals surface area contributed by atoms with E-state index >= 15 is 0 Å². The third kappa shape index (κ3) is 5.36. The first-order valence-corrected chi connectivity index (χ1v) is 10.2. The molecule has 0 N–H and O–H groups in total. The Morgan fingerprint density at radius 1 is 1.00 bits per heavy atom. The highest BCUT2D eigenvalue weighted by Crippen LogP contribution is 2.33. The number of non-ortho nitro benzene ring substituents is 2. The zero-order valence-corrected chi connectivity index (χ0v) is 19.5. The van der Waals surface area contributed by atoms with Gasteiger partial charge in [0.05, 0.1) is 31.7 Å². The van der Waals surface area contributed by atoms with E-state index in [0.717, 1.165) is 39.5 Å². The number of hydrogen-bond donors (Lipinski definition) is 0. The number of amides is 1. The molecule has 170 valence electrons. The summed E-state index contributed by atoms with van der Waals surface area (Å²) in [5, 5.41) is 22.9. The Labute approximate surface area is 194 Å². The quantitative estimate of drug-likeness (QED) is 0.364. The fourth-order valence-electron chi connectivity index (χ4n) is 3.15. The van der Waals surface area contributed by atoms with Gasteiger partial charge in [0.25, 0.3) is 17.3 Å². The summed E-state index contributed by atoms with van der Waals surface area (Å²) in [5.41, 5.74) is 1.67. The normalized spacial score (nSPS) is 10.8. The van der Waals surface area contributed by atoms with Crippen molar-refractivity contribution >= 4 is 56.4 Å². The van der Waals surface area contributed by atoms with Gasteiger partial charge < -0.3 is 4.90 Å². The van der Waals surface area contributed by atoms with Crippen LogP contribution in [0.3, 0.4) is 0 Å². The van der Waals surface area contributed by atoms with Gasteiger partial charge in [-0.15, -0.1) is 12.4 Å². The minimum absolute atomic E-state index is 0. The zero-order chi connectivity index (χ0) is 22.9. The van der Waals surface area contributed by atoms with Gasteiger partial charge in [-0.2, -0.15) is 0 Å². The van der Waals surface area contributed by atoms with Crippen molar-refractivity contribution < 1.29 is 14.6 Å². The first-order valence-electron chi connectivity index (χ1n) is 9.35. The number of fused-ring (bicyclic) bond motifs is 1. The van der Waals surface area contributed by atoms with Crippen molar-refractivity contribution in [3.63, 3.8) is 0 Å². The number of nitrogens with zero attached hydrogens (tertiary/aromatic N) is 5. The van der Waals surface area contributed by atoms with Gasteiger partial charge in [-0.1, -0.05) is 17.4 Å². The van der Waals surface area contributed by atoms with E-state index in [1.165, 1.54) is 16.2 Å². The van der Waals surface area contributed by atoms with Crippen LogP contribution in [0.25, 0.3) is 10.2 Å². The minimum Gasteiger partial charge on any atom is -0.308 e. The van der Waals surface area contributed by atoms with E-state index in [-0.39, 0.29) is 24.5 Å². The van der Waals surface area contributed by atoms with Crippen molar-refractivity contribution in [1.29, 1.82) is 0 Å². The molecule has 0 aliphatic rings. The maximum absolute atomic E-state index is 13.4. The molecule has 1 aromatic heterocycles. The highest BCUT2D eigenvalue weighted by molar-refractivity contribution is 7.22. The van der Waals surface area contributed by atoms with E-state index in [1.807, 2.05) is 45.0 Å². The van der Waals surface area contributed by atoms with Crippen molar-refractivity contribution in [2.45, 2.75) is 13.8 Å². The predicted molar refractivity (Wildman–Crippen MR) is 126 cm³/mol. The second-order valence-corrected chi connectivity index (χ2v) is 8.42. The summed E-state index contributed by atoms with van der Waals surface area (Å²) >= 11 is 1.34. The van der Waals surface area contributed by atoms with Crippen LogP contribution in [-0.4, -0.2) is 52.8 Å². The Balaban J connectivity index is 0.00000363. The highest BCUT2D eigenvalue weighted by Gasteiger charge is 2.26. The number of carbonyl (C=O) groups is 1. The van der Waals surface area contributed by atoms with E-state index in [9.17, 15) is 25.0 Å². The second-order valence-electron chi connectivity index (χ2n) is 7.44. The molecule has 0 unspecified atom stereocenters. The molecule has 0 atom stereocenters. The van der Waals surface area contributed by atoms with E-state index in [4.69, 9.17) is 0 Å². The van der Waals surface area contributed by atoms with Crippen LogP contribution >= 0.6 is 23.7 Å². The van der Waals surface area contributed by atoms with Crippen LogP contribution in [0.5, 0.6) is 0 Å². The Kier molecular flexibility index (Phi) is 7.83. The van der Waals surface area contributed by atoms with Crippen LogP contribution in [0.2, 0.25) is 0 Å². The molecule has 0 spiro atoms. The maximum Gasteiger partial charge on any atom is 0.277 e. The van der Waals surface area contributed by atoms with Crippen LogP contribution in [0.4, 0.5) is 16.5 Å². The van der Waals surface area contributed by atoms with Crippen molar-refractivity contribution in [3.05, 3.63) is 67.3 Å². The molecule has 0 aliphatic carbocycles. The van der Waals surface area contributed by atoms with E-state index in [2.05, 4.69) is 4.98 Å². The molecule has 3 rings (SSSR count). The van der Waals surface area contributed by atoms with Gasteiger partial charge in [0.15, 0.2) is 5.13 Å². The van der Waals surface area contributed by atoms with Crippen LogP contribution in [0.1, 0.15) is 21.5 Å². The van der Waals surface area contributed by atoms with Gasteiger partial charge in [0.2, 0.25) is 0 Å². The Bertz CT molecular complexity index is 1160. The summed E-state index contributed by atoms with van der Waals surface area (Å²) < 4.78 is 0.938. The second kappa shape index (κ2) is 9.98. The fourth-order valence-corrected chi connectivity index (χ4v) is 4.19. The SMILES string of the molecule is Cc1cc(C)c2sc(N(CCN(C)C)C(=O)c3cc([N+](=O)[O-])cc([N+](=O)[O-])c3)nc2c1.Cl. The van der Waals surface area contributed by atoms with Crippen molar-refractivity contribution in [1.82, 2.24) is 9.88 Å². The number of nitro benzene ring substituents is 2. The molecule has 0 radical (unpaired) electrons. The molecular weight excluding hydrogens is 458 g/mol. The number of aryl methyl sites for hydroxylation is 2. The van der Waals surface area contributed by atoms with Crippen molar-refractivity contribution in [2.75, 3.05) is 32.1 Å². The summed E-state index contributed by atoms with van der Waals surface area (Å²) in [4.78, 5) is 42.2. The number of hydrogen-bond acceptors (Lipinski definition) is 8. The Hall–Kier alpha value is -3.15. The molecule has 32 heavy (non-hydrogen) atoms. The molecule has 12 heteroatoms. The largest absolute Gasteiger partial charge is 0.308 e. The van der Waals surface area contributed by atoms with Crippen LogP contribution in [0.15, 0.2) is 30.3 Å².